The van der Waals surface area contributed by atoms with Crippen LogP contribution in [-0.4, -0.2) is 38.9 Å². The number of hydrogen-bond donors (Lipinski definition) is 0. The van der Waals surface area contributed by atoms with Gasteiger partial charge in [0, 0.05) is 18.8 Å². The number of ether oxygens (including phenoxy) is 4. The number of hydrogen-bond acceptors (Lipinski definition) is 6. The van der Waals surface area contributed by atoms with Crippen LogP contribution in [0.5, 0.6) is 17.2 Å². The molecule has 0 saturated carbocycles. The fourth-order valence-electron chi connectivity index (χ4n) is 2.61. The lowest BCUT2D eigenvalue weighted by Gasteiger charge is -2.14. The second kappa shape index (κ2) is 10.3. The van der Waals surface area contributed by atoms with Gasteiger partial charge in [-0.25, -0.2) is 0 Å². The summed E-state index contributed by atoms with van der Waals surface area (Å²) in [5.74, 6) is 1.48. The zero-order valence-corrected chi connectivity index (χ0v) is 15.5. The van der Waals surface area contributed by atoms with Gasteiger partial charge in [-0.15, -0.1) is 0 Å². The van der Waals surface area contributed by atoms with E-state index in [-0.39, 0.29) is 5.97 Å². The van der Waals surface area contributed by atoms with Crippen LogP contribution in [0.15, 0.2) is 36.7 Å². The average molecular weight is 359 g/mol. The second-order valence-electron chi connectivity index (χ2n) is 5.71. The molecule has 0 N–H and O–H groups in total. The van der Waals surface area contributed by atoms with Gasteiger partial charge >= 0.3 is 5.97 Å². The maximum Gasteiger partial charge on any atom is 0.306 e. The zero-order chi connectivity index (χ0) is 18.8. The van der Waals surface area contributed by atoms with Gasteiger partial charge in [-0.1, -0.05) is 0 Å². The van der Waals surface area contributed by atoms with Crippen LogP contribution in [-0.2, 0) is 22.4 Å². The molecule has 0 aliphatic heterocycles. The highest BCUT2D eigenvalue weighted by Crippen LogP contribution is 2.38. The first kappa shape index (κ1) is 19.6. The highest BCUT2D eigenvalue weighted by Gasteiger charge is 2.14. The van der Waals surface area contributed by atoms with Crippen LogP contribution in [0, 0.1) is 0 Å². The van der Waals surface area contributed by atoms with Gasteiger partial charge in [0.25, 0.3) is 0 Å². The Morgan fingerprint density at radius 1 is 0.923 bits per heavy atom. The third-order valence-corrected chi connectivity index (χ3v) is 3.96. The van der Waals surface area contributed by atoms with Crippen molar-refractivity contribution >= 4 is 5.97 Å². The molecule has 0 bridgehead atoms. The maximum absolute atomic E-state index is 11.9. The van der Waals surface area contributed by atoms with Crippen molar-refractivity contribution in [3.8, 4) is 17.2 Å². The SMILES string of the molecule is COc1cc(CCC(=O)OCCCc2ccncc2)cc(OC)c1OC. The third-order valence-electron chi connectivity index (χ3n) is 3.96. The average Bonchev–Trinajstić information content (AvgIpc) is 2.69. The van der Waals surface area contributed by atoms with E-state index < -0.39 is 0 Å². The monoisotopic (exact) mass is 359 g/mol. The van der Waals surface area contributed by atoms with Crippen molar-refractivity contribution in [2.24, 2.45) is 0 Å². The number of nitrogens with zero attached hydrogens (tertiary/aromatic N) is 1. The van der Waals surface area contributed by atoms with Gasteiger partial charge in [0.05, 0.1) is 27.9 Å². The number of carbonyl (C=O) groups is 1. The van der Waals surface area contributed by atoms with Gasteiger partial charge < -0.3 is 18.9 Å². The quantitative estimate of drug-likeness (QED) is 0.479. The summed E-state index contributed by atoms with van der Waals surface area (Å²) in [5.41, 5.74) is 2.11. The van der Waals surface area contributed by atoms with Gasteiger partial charge in [-0.2, -0.15) is 0 Å². The maximum atomic E-state index is 11.9. The van der Waals surface area contributed by atoms with Crippen LogP contribution in [0.25, 0.3) is 0 Å². The lowest BCUT2D eigenvalue weighted by Crippen LogP contribution is -2.08. The summed E-state index contributed by atoms with van der Waals surface area (Å²) in [6, 6.07) is 7.62. The normalized spacial score (nSPS) is 10.3. The minimum absolute atomic E-state index is 0.214. The van der Waals surface area contributed by atoms with Crippen molar-refractivity contribution < 1.29 is 23.7 Å². The van der Waals surface area contributed by atoms with Crippen LogP contribution in [0.1, 0.15) is 24.0 Å². The standard InChI is InChI=1S/C20H25NO5/c1-23-17-13-16(14-18(24-2)20(17)25-3)6-7-19(22)26-12-4-5-15-8-10-21-11-9-15/h8-11,13-14H,4-7,12H2,1-3H3. The summed E-state index contributed by atoms with van der Waals surface area (Å²) < 4.78 is 21.2. The molecule has 2 rings (SSSR count). The molecule has 6 nitrogen and oxygen atoms in total. The number of benzene rings is 1. The highest BCUT2D eigenvalue weighted by molar-refractivity contribution is 5.70. The molecule has 6 heteroatoms. The fraction of sp³-hybridized carbons (Fsp3) is 0.400. The van der Waals surface area contributed by atoms with Crippen LogP contribution >= 0.6 is 0 Å². The smallest absolute Gasteiger partial charge is 0.306 e. The molecule has 0 aliphatic carbocycles. The Balaban J connectivity index is 1.79. The second-order valence-corrected chi connectivity index (χ2v) is 5.71. The van der Waals surface area contributed by atoms with E-state index in [0.29, 0.717) is 36.7 Å². The van der Waals surface area contributed by atoms with E-state index in [9.17, 15) is 4.79 Å². The van der Waals surface area contributed by atoms with E-state index in [4.69, 9.17) is 18.9 Å². The predicted molar refractivity (Wildman–Crippen MR) is 97.9 cm³/mol. The van der Waals surface area contributed by atoms with E-state index in [1.807, 2.05) is 24.3 Å². The third kappa shape index (κ3) is 5.65. The number of carbonyl (C=O) groups excluding carboxylic acids is 1. The summed E-state index contributed by atoms with van der Waals surface area (Å²) in [7, 11) is 4.69. The Morgan fingerprint density at radius 2 is 1.58 bits per heavy atom. The number of pyridine rings is 1. The Kier molecular flexibility index (Phi) is 7.74. The molecule has 0 radical (unpaired) electrons. The van der Waals surface area contributed by atoms with Crippen LogP contribution in [0.3, 0.4) is 0 Å². The van der Waals surface area contributed by atoms with Crippen LogP contribution in [0.2, 0.25) is 0 Å². The van der Waals surface area contributed by atoms with Crippen molar-refractivity contribution in [1.82, 2.24) is 4.98 Å². The molecule has 0 unspecified atom stereocenters. The molecule has 0 spiro atoms. The molecule has 0 amide bonds. The van der Waals surface area contributed by atoms with Crippen molar-refractivity contribution in [3.63, 3.8) is 0 Å². The largest absolute Gasteiger partial charge is 0.493 e. The van der Waals surface area contributed by atoms with Crippen LogP contribution < -0.4 is 14.2 Å². The molecule has 0 aliphatic rings. The summed E-state index contributed by atoms with van der Waals surface area (Å²) >= 11 is 0. The molecule has 26 heavy (non-hydrogen) atoms. The first-order valence-electron chi connectivity index (χ1n) is 8.51. The lowest BCUT2D eigenvalue weighted by molar-refractivity contribution is -0.143. The van der Waals surface area contributed by atoms with E-state index >= 15 is 0 Å². The Labute approximate surface area is 154 Å². The molecule has 0 atom stereocenters. The molecule has 0 fully saturated rings. The molecular weight excluding hydrogens is 334 g/mol. The fourth-order valence-corrected chi connectivity index (χ4v) is 2.61. The Morgan fingerprint density at radius 3 is 2.15 bits per heavy atom. The van der Waals surface area contributed by atoms with Crippen molar-refractivity contribution in [3.05, 3.63) is 47.8 Å². The number of methoxy groups -OCH3 is 3. The van der Waals surface area contributed by atoms with Crippen molar-refractivity contribution in [2.45, 2.75) is 25.7 Å². The summed E-state index contributed by atoms with van der Waals surface area (Å²) in [6.07, 6.45) is 6.02. The lowest BCUT2D eigenvalue weighted by atomic mass is 10.1. The predicted octanol–water partition coefficient (Wildman–Crippen LogP) is 3.22. The van der Waals surface area contributed by atoms with E-state index in [0.717, 1.165) is 18.4 Å². The molecular formula is C20H25NO5. The molecule has 2 aromatic rings. The van der Waals surface area contributed by atoms with Crippen LogP contribution in [0.4, 0.5) is 0 Å². The minimum atomic E-state index is -0.214. The topological polar surface area (TPSA) is 66.9 Å². The highest BCUT2D eigenvalue weighted by atomic mass is 16.5. The number of aromatic nitrogens is 1. The molecule has 0 saturated heterocycles. The van der Waals surface area contributed by atoms with E-state index in [2.05, 4.69) is 4.98 Å². The first-order valence-corrected chi connectivity index (χ1v) is 8.51. The van der Waals surface area contributed by atoms with Gasteiger partial charge in [0.2, 0.25) is 5.75 Å². The van der Waals surface area contributed by atoms with E-state index in [1.54, 1.807) is 33.7 Å². The number of rotatable bonds is 10. The summed E-state index contributed by atoms with van der Waals surface area (Å²) in [6.45, 7) is 0.413. The van der Waals surface area contributed by atoms with Gasteiger partial charge in [-0.05, 0) is 54.7 Å². The van der Waals surface area contributed by atoms with Gasteiger partial charge in [-0.3, -0.25) is 9.78 Å². The number of esters is 1. The minimum Gasteiger partial charge on any atom is -0.493 e. The molecule has 140 valence electrons. The zero-order valence-electron chi connectivity index (χ0n) is 15.5. The molecule has 1 aromatic carbocycles. The van der Waals surface area contributed by atoms with Crippen molar-refractivity contribution in [2.75, 3.05) is 27.9 Å². The summed E-state index contributed by atoms with van der Waals surface area (Å²) in [5, 5.41) is 0. The molecule has 1 heterocycles. The first-order chi connectivity index (χ1) is 12.7. The van der Waals surface area contributed by atoms with Crippen molar-refractivity contribution in [1.29, 1.82) is 0 Å². The van der Waals surface area contributed by atoms with Gasteiger partial charge in [0.15, 0.2) is 11.5 Å². The van der Waals surface area contributed by atoms with E-state index in [1.165, 1.54) is 5.56 Å². The molecule has 1 aromatic heterocycles. The summed E-state index contributed by atoms with van der Waals surface area (Å²) in [4.78, 5) is 15.9. The number of aryl methyl sites for hydroxylation is 2. The van der Waals surface area contributed by atoms with Gasteiger partial charge in [0.1, 0.15) is 0 Å². The Hall–Kier alpha value is -2.76. The Bertz CT molecular complexity index is 678.